The number of carbonyl (C=O) groups is 1. The zero-order valence-electron chi connectivity index (χ0n) is 16.3. The predicted octanol–water partition coefficient (Wildman–Crippen LogP) is 3.48. The minimum Gasteiger partial charge on any atom is -0.495 e. The normalized spacial score (nSPS) is 12.7. The molecule has 30 heavy (non-hydrogen) atoms. The maximum absolute atomic E-state index is 11.9. The van der Waals surface area contributed by atoms with E-state index in [9.17, 15) is 4.79 Å². The Hall–Kier alpha value is -3.17. The first-order valence-electron chi connectivity index (χ1n) is 9.41. The molecule has 0 saturated carbocycles. The number of nitrogens with two attached hydrogens (primary N) is 1. The van der Waals surface area contributed by atoms with Crippen molar-refractivity contribution >= 4 is 45.0 Å². The van der Waals surface area contributed by atoms with Crippen LogP contribution in [0.3, 0.4) is 0 Å². The molecule has 154 valence electrons. The fourth-order valence-electron chi connectivity index (χ4n) is 3.30. The van der Waals surface area contributed by atoms with Gasteiger partial charge in [0.15, 0.2) is 0 Å². The molecule has 0 spiro atoms. The van der Waals surface area contributed by atoms with Gasteiger partial charge in [0.05, 0.1) is 18.5 Å². The van der Waals surface area contributed by atoms with E-state index in [0.717, 1.165) is 35.4 Å². The van der Waals surface area contributed by atoms with Crippen LogP contribution in [0, 0.1) is 0 Å². The Kier molecular flexibility index (Phi) is 5.82. The molecule has 2 heterocycles. The molecule has 4 rings (SSSR count). The van der Waals surface area contributed by atoms with Crippen LogP contribution < -0.4 is 26.4 Å². The lowest BCUT2D eigenvalue weighted by molar-refractivity contribution is 0.100. The second kappa shape index (κ2) is 8.68. The van der Waals surface area contributed by atoms with Gasteiger partial charge in [-0.15, -0.1) is 0 Å². The third-order valence-corrected chi connectivity index (χ3v) is 5.53. The topological polar surface area (TPSA) is 114 Å². The number of aromatic nitrogens is 2. The fraction of sp³-hybridized carbons (Fsp3) is 0.190. The van der Waals surface area contributed by atoms with Crippen LogP contribution in [0.4, 0.5) is 23.1 Å². The van der Waals surface area contributed by atoms with Crippen LogP contribution in [-0.2, 0) is 13.0 Å². The summed E-state index contributed by atoms with van der Waals surface area (Å²) in [7, 11) is 1.63. The molecule has 1 aliphatic rings. The molecule has 0 aliphatic carbocycles. The number of ether oxygens (including phenoxy) is 1. The molecule has 0 unspecified atom stereocenters. The van der Waals surface area contributed by atoms with E-state index in [4.69, 9.17) is 10.5 Å². The highest BCUT2D eigenvalue weighted by atomic mass is 79.9. The number of amides is 1. The predicted molar refractivity (Wildman–Crippen MR) is 120 cm³/mol. The van der Waals surface area contributed by atoms with Crippen LogP contribution in [0.15, 0.2) is 47.1 Å². The average Bonchev–Trinajstić information content (AvgIpc) is 2.75. The number of hydrogen-bond donors (Lipinski definition) is 4. The van der Waals surface area contributed by atoms with Crippen molar-refractivity contribution in [2.45, 2.75) is 13.0 Å². The third-order valence-electron chi connectivity index (χ3n) is 4.84. The van der Waals surface area contributed by atoms with Gasteiger partial charge in [-0.25, -0.2) is 4.98 Å². The molecule has 1 amide bonds. The van der Waals surface area contributed by atoms with Crippen molar-refractivity contribution in [3.63, 3.8) is 0 Å². The van der Waals surface area contributed by atoms with Crippen molar-refractivity contribution in [2.24, 2.45) is 5.73 Å². The van der Waals surface area contributed by atoms with E-state index in [1.165, 1.54) is 17.3 Å². The average molecular weight is 469 g/mol. The molecule has 2 aromatic carbocycles. The number of methoxy groups -OCH3 is 1. The number of halogens is 1. The van der Waals surface area contributed by atoms with E-state index < -0.39 is 5.91 Å². The summed E-state index contributed by atoms with van der Waals surface area (Å²) in [5.41, 5.74) is 9.67. The van der Waals surface area contributed by atoms with Crippen molar-refractivity contribution in [3.8, 4) is 5.75 Å². The maximum Gasteiger partial charge on any atom is 0.254 e. The quantitative estimate of drug-likeness (QED) is 0.437. The molecule has 9 heteroatoms. The summed E-state index contributed by atoms with van der Waals surface area (Å²) in [5, 5.41) is 9.71. The molecule has 0 radical (unpaired) electrons. The van der Waals surface area contributed by atoms with E-state index in [2.05, 4.69) is 41.8 Å². The van der Waals surface area contributed by atoms with Gasteiger partial charge in [-0.2, -0.15) is 4.98 Å². The monoisotopic (exact) mass is 468 g/mol. The van der Waals surface area contributed by atoms with Crippen molar-refractivity contribution in [2.75, 3.05) is 24.3 Å². The van der Waals surface area contributed by atoms with E-state index in [1.807, 2.05) is 36.4 Å². The van der Waals surface area contributed by atoms with Gasteiger partial charge in [0.25, 0.3) is 5.91 Å². The van der Waals surface area contributed by atoms with E-state index in [-0.39, 0.29) is 5.56 Å². The number of rotatable bonds is 6. The van der Waals surface area contributed by atoms with Crippen LogP contribution in [0.5, 0.6) is 5.75 Å². The first-order valence-corrected chi connectivity index (χ1v) is 10.2. The third kappa shape index (κ3) is 4.22. The summed E-state index contributed by atoms with van der Waals surface area (Å²) in [6.45, 7) is 1.75. The zero-order chi connectivity index (χ0) is 21.1. The minimum absolute atomic E-state index is 0.193. The molecule has 5 N–H and O–H groups in total. The Balaban J connectivity index is 1.68. The van der Waals surface area contributed by atoms with Crippen LogP contribution in [0.25, 0.3) is 0 Å². The molecule has 0 bridgehead atoms. The second-order valence-electron chi connectivity index (χ2n) is 6.80. The maximum atomic E-state index is 11.9. The van der Waals surface area contributed by atoms with E-state index in [0.29, 0.717) is 17.5 Å². The molecule has 3 aromatic rings. The number of hydrogen-bond acceptors (Lipinski definition) is 7. The van der Waals surface area contributed by atoms with Gasteiger partial charge < -0.3 is 26.4 Å². The standard InChI is InChI=1S/C21H21BrN6O2/c1-30-18-9-12-6-7-24-10-13(12)8-17(18)27-21-25-11-14(19(23)29)20(28-21)26-16-5-3-2-4-15(16)22/h2-5,8-9,11,24H,6-7,10H2,1H3,(H2,23,29)(H2,25,26,27,28). The van der Waals surface area contributed by atoms with Crippen molar-refractivity contribution in [1.82, 2.24) is 15.3 Å². The first kappa shape index (κ1) is 20.1. The molecular formula is C21H21BrN6O2. The van der Waals surface area contributed by atoms with Crippen LogP contribution in [-0.4, -0.2) is 29.5 Å². The Morgan fingerprint density at radius 1 is 1.20 bits per heavy atom. The smallest absolute Gasteiger partial charge is 0.254 e. The van der Waals surface area contributed by atoms with Crippen LogP contribution in [0.1, 0.15) is 21.5 Å². The van der Waals surface area contributed by atoms with Crippen LogP contribution >= 0.6 is 15.9 Å². The molecule has 8 nitrogen and oxygen atoms in total. The highest BCUT2D eigenvalue weighted by Crippen LogP contribution is 2.32. The zero-order valence-corrected chi connectivity index (χ0v) is 17.9. The van der Waals surface area contributed by atoms with Gasteiger partial charge in [-0.1, -0.05) is 12.1 Å². The fourth-order valence-corrected chi connectivity index (χ4v) is 3.69. The lowest BCUT2D eigenvalue weighted by Gasteiger charge is -2.20. The number of primary amides is 1. The molecule has 1 aliphatic heterocycles. The van der Waals surface area contributed by atoms with Gasteiger partial charge in [-0.05, 0) is 64.3 Å². The van der Waals surface area contributed by atoms with Gasteiger partial charge >= 0.3 is 0 Å². The summed E-state index contributed by atoms with van der Waals surface area (Å²) in [6.07, 6.45) is 2.36. The molecule has 0 fully saturated rings. The first-order chi connectivity index (χ1) is 14.5. The minimum atomic E-state index is -0.617. The van der Waals surface area contributed by atoms with Crippen molar-refractivity contribution in [3.05, 3.63) is 63.8 Å². The van der Waals surface area contributed by atoms with Gasteiger partial charge in [-0.3, -0.25) is 4.79 Å². The number of nitrogens with one attached hydrogen (secondary N) is 3. The molecular weight excluding hydrogens is 448 g/mol. The number of carbonyl (C=O) groups excluding carboxylic acids is 1. The number of benzene rings is 2. The largest absolute Gasteiger partial charge is 0.495 e. The van der Waals surface area contributed by atoms with Crippen molar-refractivity contribution < 1.29 is 9.53 Å². The Labute approximate surface area is 182 Å². The Bertz CT molecular complexity index is 1100. The molecule has 0 saturated heterocycles. The Morgan fingerprint density at radius 2 is 2.03 bits per heavy atom. The summed E-state index contributed by atoms with van der Waals surface area (Å²) in [6, 6.07) is 11.6. The van der Waals surface area contributed by atoms with E-state index in [1.54, 1.807) is 7.11 Å². The molecule has 1 aromatic heterocycles. The SMILES string of the molecule is COc1cc2c(cc1Nc1ncc(C(N)=O)c(Nc3ccccc3Br)n1)CNCC2. The highest BCUT2D eigenvalue weighted by molar-refractivity contribution is 9.10. The number of fused-ring (bicyclic) bond motifs is 1. The Morgan fingerprint density at radius 3 is 2.80 bits per heavy atom. The van der Waals surface area contributed by atoms with E-state index >= 15 is 0 Å². The summed E-state index contributed by atoms with van der Waals surface area (Å²) in [4.78, 5) is 20.6. The summed E-state index contributed by atoms with van der Waals surface area (Å²) < 4.78 is 6.38. The number of para-hydroxylation sites is 1. The highest BCUT2D eigenvalue weighted by Gasteiger charge is 2.17. The molecule has 0 atom stereocenters. The number of nitrogens with zero attached hydrogens (tertiary/aromatic N) is 2. The van der Waals surface area contributed by atoms with Crippen molar-refractivity contribution in [1.29, 1.82) is 0 Å². The summed E-state index contributed by atoms with van der Waals surface area (Å²) in [5.74, 6) is 0.717. The lowest BCUT2D eigenvalue weighted by Crippen LogP contribution is -2.23. The van der Waals surface area contributed by atoms with Gasteiger partial charge in [0.1, 0.15) is 17.1 Å². The second-order valence-corrected chi connectivity index (χ2v) is 7.65. The number of anilines is 4. The van der Waals surface area contributed by atoms with Gasteiger partial charge in [0.2, 0.25) is 5.95 Å². The van der Waals surface area contributed by atoms with Gasteiger partial charge in [0, 0.05) is 17.2 Å². The summed E-state index contributed by atoms with van der Waals surface area (Å²) >= 11 is 3.48. The lowest BCUT2D eigenvalue weighted by atomic mass is 10.00. The van der Waals surface area contributed by atoms with Crippen LogP contribution in [0.2, 0.25) is 0 Å².